The number of hydrogen-bond donors (Lipinski definition) is 2. The van der Waals surface area contributed by atoms with E-state index in [0.717, 1.165) is 6.42 Å². The molecule has 1 aromatic rings. The number of hydrazine groups is 1. The number of ether oxygens (including phenoxy) is 2. The lowest BCUT2D eigenvalue weighted by atomic mass is 10.00. The van der Waals surface area contributed by atoms with Gasteiger partial charge in [0, 0.05) is 19.8 Å². The molecule has 0 heterocycles. The molecule has 0 spiro atoms. The van der Waals surface area contributed by atoms with E-state index in [0.29, 0.717) is 19.8 Å². The van der Waals surface area contributed by atoms with Crippen LogP contribution in [0.5, 0.6) is 0 Å². The first-order valence-electron chi connectivity index (χ1n) is 6.28. The van der Waals surface area contributed by atoms with E-state index in [1.807, 2.05) is 0 Å². The Morgan fingerprint density at radius 2 is 1.78 bits per heavy atom. The highest BCUT2D eigenvalue weighted by molar-refractivity contribution is 5.30. The van der Waals surface area contributed by atoms with E-state index in [4.69, 9.17) is 15.3 Å². The number of hydrogen-bond acceptors (Lipinski definition) is 4. The molecule has 0 amide bonds. The zero-order valence-electron chi connectivity index (χ0n) is 11.5. The smallest absolute Gasteiger partial charge is 0.0700 e. The van der Waals surface area contributed by atoms with E-state index in [1.54, 1.807) is 7.11 Å². The summed E-state index contributed by atoms with van der Waals surface area (Å²) in [4.78, 5) is 0. The van der Waals surface area contributed by atoms with Crippen LogP contribution < -0.4 is 11.3 Å². The molecule has 102 valence electrons. The lowest BCUT2D eigenvalue weighted by molar-refractivity contribution is 0.0657. The van der Waals surface area contributed by atoms with Crippen LogP contribution in [-0.2, 0) is 9.47 Å². The summed E-state index contributed by atoms with van der Waals surface area (Å²) in [5.74, 6) is 5.62. The monoisotopic (exact) mass is 252 g/mol. The zero-order valence-corrected chi connectivity index (χ0v) is 11.5. The predicted octanol–water partition coefficient (Wildman–Crippen LogP) is 1.86. The molecule has 0 aliphatic carbocycles. The highest BCUT2D eigenvalue weighted by Gasteiger charge is 2.10. The summed E-state index contributed by atoms with van der Waals surface area (Å²) in [5.41, 5.74) is 6.58. The number of nitrogens with one attached hydrogen (secondary N) is 1. The molecular formula is C14H24N2O2. The van der Waals surface area contributed by atoms with Gasteiger partial charge in [-0.25, -0.2) is 0 Å². The second-order valence-electron chi connectivity index (χ2n) is 4.53. The van der Waals surface area contributed by atoms with Crippen molar-refractivity contribution in [3.05, 3.63) is 34.9 Å². The van der Waals surface area contributed by atoms with Crippen LogP contribution in [0.15, 0.2) is 18.2 Å². The maximum absolute atomic E-state index is 5.62. The fourth-order valence-corrected chi connectivity index (χ4v) is 2.00. The lowest BCUT2D eigenvalue weighted by Gasteiger charge is -2.17. The summed E-state index contributed by atoms with van der Waals surface area (Å²) in [6, 6.07) is 6.61. The summed E-state index contributed by atoms with van der Waals surface area (Å²) < 4.78 is 10.4. The van der Waals surface area contributed by atoms with Crippen LogP contribution in [-0.4, -0.2) is 26.9 Å². The van der Waals surface area contributed by atoms with Crippen LogP contribution in [0.3, 0.4) is 0 Å². The van der Waals surface area contributed by atoms with Crippen molar-refractivity contribution in [3.8, 4) is 0 Å². The van der Waals surface area contributed by atoms with E-state index in [-0.39, 0.29) is 6.04 Å². The number of nitrogens with two attached hydrogens (primary N) is 1. The average molecular weight is 252 g/mol. The first-order valence-corrected chi connectivity index (χ1v) is 6.28. The van der Waals surface area contributed by atoms with Gasteiger partial charge in [0.25, 0.3) is 0 Å². The van der Waals surface area contributed by atoms with Crippen LogP contribution in [0.1, 0.15) is 29.2 Å². The van der Waals surface area contributed by atoms with E-state index < -0.39 is 0 Å². The Morgan fingerprint density at radius 3 is 2.33 bits per heavy atom. The fraction of sp³-hybridized carbons (Fsp3) is 0.571. The molecule has 0 radical (unpaired) electrons. The molecule has 1 aromatic carbocycles. The summed E-state index contributed by atoms with van der Waals surface area (Å²) >= 11 is 0. The lowest BCUT2D eigenvalue weighted by Crippen LogP contribution is -2.29. The van der Waals surface area contributed by atoms with Gasteiger partial charge < -0.3 is 9.47 Å². The third-order valence-electron chi connectivity index (χ3n) is 2.83. The quantitative estimate of drug-likeness (QED) is 0.421. The van der Waals surface area contributed by atoms with Crippen molar-refractivity contribution in [3.63, 3.8) is 0 Å². The molecule has 0 fully saturated rings. The number of methoxy groups -OCH3 is 1. The first kappa shape index (κ1) is 15.1. The van der Waals surface area contributed by atoms with Gasteiger partial charge in [0.15, 0.2) is 0 Å². The Bertz CT molecular complexity index is 335. The van der Waals surface area contributed by atoms with Gasteiger partial charge >= 0.3 is 0 Å². The van der Waals surface area contributed by atoms with Crippen molar-refractivity contribution in [1.29, 1.82) is 0 Å². The Kier molecular flexibility index (Phi) is 6.90. The van der Waals surface area contributed by atoms with Gasteiger partial charge in [-0.05, 0) is 25.8 Å². The first-order chi connectivity index (χ1) is 8.67. The summed E-state index contributed by atoms with van der Waals surface area (Å²) in [6.07, 6.45) is 0.850. The van der Waals surface area contributed by atoms with Crippen LogP contribution >= 0.6 is 0 Å². The summed E-state index contributed by atoms with van der Waals surface area (Å²) in [7, 11) is 1.67. The number of aryl methyl sites for hydroxylation is 2. The van der Waals surface area contributed by atoms with E-state index in [9.17, 15) is 0 Å². The van der Waals surface area contributed by atoms with Crippen LogP contribution in [0.25, 0.3) is 0 Å². The molecule has 1 rings (SSSR count). The molecule has 0 aliphatic heterocycles. The van der Waals surface area contributed by atoms with Crippen molar-refractivity contribution >= 4 is 0 Å². The topological polar surface area (TPSA) is 56.5 Å². The van der Waals surface area contributed by atoms with Crippen LogP contribution in [0.4, 0.5) is 0 Å². The highest BCUT2D eigenvalue weighted by atomic mass is 16.5. The van der Waals surface area contributed by atoms with Crippen molar-refractivity contribution < 1.29 is 9.47 Å². The minimum Gasteiger partial charge on any atom is -0.382 e. The van der Waals surface area contributed by atoms with E-state index >= 15 is 0 Å². The third-order valence-corrected chi connectivity index (χ3v) is 2.83. The normalized spacial score (nSPS) is 12.7. The van der Waals surface area contributed by atoms with Gasteiger partial charge in [-0.1, -0.05) is 29.3 Å². The second kappa shape index (κ2) is 8.21. The van der Waals surface area contributed by atoms with Gasteiger partial charge in [0.1, 0.15) is 0 Å². The maximum Gasteiger partial charge on any atom is 0.0700 e. The van der Waals surface area contributed by atoms with E-state index in [2.05, 4.69) is 37.5 Å². The molecule has 0 aliphatic rings. The van der Waals surface area contributed by atoms with Crippen molar-refractivity contribution in [2.24, 2.45) is 5.84 Å². The average Bonchev–Trinajstić information content (AvgIpc) is 2.32. The predicted molar refractivity (Wildman–Crippen MR) is 73.3 cm³/mol. The van der Waals surface area contributed by atoms with Gasteiger partial charge in [-0.2, -0.15) is 0 Å². The molecule has 1 atom stereocenters. The zero-order chi connectivity index (χ0) is 13.4. The summed E-state index contributed by atoms with van der Waals surface area (Å²) in [5, 5.41) is 0. The molecule has 0 saturated carbocycles. The molecule has 0 aromatic heterocycles. The van der Waals surface area contributed by atoms with Gasteiger partial charge in [0.05, 0.1) is 13.2 Å². The number of benzene rings is 1. The van der Waals surface area contributed by atoms with Gasteiger partial charge in [-0.15, -0.1) is 0 Å². The fourth-order valence-electron chi connectivity index (χ4n) is 2.00. The van der Waals surface area contributed by atoms with Gasteiger partial charge in [-0.3, -0.25) is 11.3 Å². The van der Waals surface area contributed by atoms with E-state index in [1.165, 1.54) is 16.7 Å². The Balaban J connectivity index is 2.49. The summed E-state index contributed by atoms with van der Waals surface area (Å²) in [6.45, 7) is 6.12. The molecular weight excluding hydrogens is 228 g/mol. The SMILES string of the molecule is COCCOCCC(NN)c1cc(C)cc(C)c1. The van der Waals surface area contributed by atoms with Crippen LogP contribution in [0.2, 0.25) is 0 Å². The third kappa shape index (κ3) is 5.14. The molecule has 1 unspecified atom stereocenters. The van der Waals surface area contributed by atoms with Crippen molar-refractivity contribution in [1.82, 2.24) is 5.43 Å². The molecule has 4 heteroatoms. The Morgan fingerprint density at radius 1 is 1.11 bits per heavy atom. The standard InChI is InChI=1S/C14H24N2O2/c1-11-8-12(2)10-13(9-11)14(16-15)4-5-18-7-6-17-3/h8-10,14,16H,4-7,15H2,1-3H3. The van der Waals surface area contributed by atoms with Crippen molar-refractivity contribution in [2.75, 3.05) is 26.9 Å². The molecule has 0 bridgehead atoms. The minimum atomic E-state index is 0.131. The Hall–Kier alpha value is -0.940. The maximum atomic E-state index is 5.62. The Labute approximate surface area is 109 Å². The molecule has 3 N–H and O–H groups in total. The van der Waals surface area contributed by atoms with Crippen LogP contribution in [0, 0.1) is 13.8 Å². The van der Waals surface area contributed by atoms with Gasteiger partial charge in [0.2, 0.25) is 0 Å². The molecule has 0 saturated heterocycles. The molecule has 18 heavy (non-hydrogen) atoms. The second-order valence-corrected chi connectivity index (χ2v) is 4.53. The van der Waals surface area contributed by atoms with Crippen molar-refractivity contribution in [2.45, 2.75) is 26.3 Å². The number of rotatable bonds is 8. The molecule has 4 nitrogen and oxygen atoms in total. The minimum absolute atomic E-state index is 0.131. The highest BCUT2D eigenvalue weighted by Crippen LogP contribution is 2.19. The largest absolute Gasteiger partial charge is 0.382 e.